The monoisotopic (exact) mass is 420 g/mol. The maximum absolute atomic E-state index is 12.0. The summed E-state index contributed by atoms with van der Waals surface area (Å²) in [6, 6.07) is 5.14. The number of rotatable bonds is 3. The van der Waals surface area contributed by atoms with Crippen molar-refractivity contribution in [1.29, 1.82) is 0 Å². The van der Waals surface area contributed by atoms with Crippen LogP contribution in [0.4, 0.5) is 11.4 Å². The molecule has 0 aliphatic carbocycles. The molecule has 0 fully saturated rings. The predicted molar refractivity (Wildman–Crippen MR) is 82.4 cm³/mol. The largest absolute Gasteiger partial charge is 0.508 e. The third-order valence-corrected chi connectivity index (χ3v) is 5.55. The van der Waals surface area contributed by atoms with Gasteiger partial charge in [-0.15, -0.1) is 11.3 Å². The lowest BCUT2D eigenvalue weighted by atomic mass is 10.2. The number of phenols is 1. The molecule has 6 nitrogen and oxygen atoms in total. The molecule has 2 rings (SSSR count). The maximum atomic E-state index is 12.0. The number of amides is 1. The van der Waals surface area contributed by atoms with Gasteiger partial charge in [0.25, 0.3) is 11.6 Å². The Balaban J connectivity index is 2.30. The van der Waals surface area contributed by atoms with E-state index in [4.69, 9.17) is 0 Å². The normalized spacial score (nSPS) is 10.3. The van der Waals surface area contributed by atoms with Gasteiger partial charge in [-0.25, -0.2) is 0 Å². The van der Waals surface area contributed by atoms with Crippen LogP contribution in [0.1, 0.15) is 9.67 Å². The predicted octanol–water partition coefficient (Wildman–Crippen LogP) is 4.14. The number of nitrogens with zero attached hydrogens (tertiary/aromatic N) is 1. The molecule has 2 aromatic rings. The standard InChI is InChI=1S/C11H6Br2N2O4S/c12-6-4-9(20-10(6)13)11(17)14-7-2-1-5(16)3-8(7)15(18)19/h1-4,16H,(H,14,17). The van der Waals surface area contributed by atoms with Crippen molar-refractivity contribution in [3.63, 3.8) is 0 Å². The highest BCUT2D eigenvalue weighted by molar-refractivity contribution is 9.13. The van der Waals surface area contributed by atoms with Crippen LogP contribution in [0.25, 0.3) is 0 Å². The molecule has 1 amide bonds. The van der Waals surface area contributed by atoms with E-state index in [0.29, 0.717) is 4.88 Å². The molecule has 0 bridgehead atoms. The smallest absolute Gasteiger partial charge is 0.296 e. The van der Waals surface area contributed by atoms with E-state index in [2.05, 4.69) is 37.2 Å². The minimum Gasteiger partial charge on any atom is -0.508 e. The van der Waals surface area contributed by atoms with Gasteiger partial charge in [0.2, 0.25) is 0 Å². The van der Waals surface area contributed by atoms with Gasteiger partial charge in [0, 0.05) is 4.47 Å². The number of thiophene rings is 1. The van der Waals surface area contributed by atoms with Crippen molar-refractivity contribution >= 4 is 60.5 Å². The van der Waals surface area contributed by atoms with Crippen molar-refractivity contribution in [2.24, 2.45) is 0 Å². The molecular weight excluding hydrogens is 416 g/mol. The molecule has 0 saturated carbocycles. The van der Waals surface area contributed by atoms with Gasteiger partial charge in [-0.05, 0) is 50.1 Å². The number of carbonyl (C=O) groups is 1. The van der Waals surface area contributed by atoms with Gasteiger partial charge in [0.15, 0.2) is 0 Å². The molecule has 2 N–H and O–H groups in total. The van der Waals surface area contributed by atoms with Crippen molar-refractivity contribution < 1.29 is 14.8 Å². The highest BCUT2D eigenvalue weighted by Gasteiger charge is 2.19. The number of nitro benzene ring substituents is 1. The number of hydrogen-bond donors (Lipinski definition) is 2. The summed E-state index contributed by atoms with van der Waals surface area (Å²) >= 11 is 7.72. The Bertz CT molecular complexity index is 682. The second kappa shape index (κ2) is 5.90. The van der Waals surface area contributed by atoms with Crippen LogP contribution in [0.3, 0.4) is 0 Å². The highest BCUT2D eigenvalue weighted by atomic mass is 79.9. The Hall–Kier alpha value is -1.45. The fourth-order valence-corrected chi connectivity index (χ4v) is 3.35. The molecule has 0 spiro atoms. The Labute approximate surface area is 133 Å². The molecule has 1 heterocycles. The summed E-state index contributed by atoms with van der Waals surface area (Å²) in [5.74, 6) is -0.702. The molecule has 9 heteroatoms. The second-order valence-electron chi connectivity index (χ2n) is 3.64. The van der Waals surface area contributed by atoms with E-state index in [1.54, 1.807) is 6.07 Å². The molecule has 0 unspecified atom stereocenters. The van der Waals surface area contributed by atoms with E-state index < -0.39 is 10.8 Å². The van der Waals surface area contributed by atoms with Gasteiger partial charge < -0.3 is 10.4 Å². The van der Waals surface area contributed by atoms with Crippen molar-refractivity contribution in [3.8, 4) is 5.75 Å². The third kappa shape index (κ3) is 3.17. The molecule has 0 aliphatic heterocycles. The topological polar surface area (TPSA) is 92.5 Å². The Morgan fingerprint density at radius 2 is 2.05 bits per heavy atom. The van der Waals surface area contributed by atoms with Crippen LogP contribution in [0.15, 0.2) is 32.5 Å². The summed E-state index contributed by atoms with van der Waals surface area (Å²) < 4.78 is 1.48. The summed E-state index contributed by atoms with van der Waals surface area (Å²) in [4.78, 5) is 22.6. The fourth-order valence-electron chi connectivity index (χ4n) is 1.42. The summed E-state index contributed by atoms with van der Waals surface area (Å²) in [5.41, 5.74) is -0.341. The number of halogens is 2. The van der Waals surface area contributed by atoms with Gasteiger partial charge in [-0.3, -0.25) is 14.9 Å². The number of benzene rings is 1. The lowest BCUT2D eigenvalue weighted by Crippen LogP contribution is -2.11. The number of carbonyl (C=O) groups excluding carboxylic acids is 1. The van der Waals surface area contributed by atoms with Crippen LogP contribution in [-0.4, -0.2) is 15.9 Å². The highest BCUT2D eigenvalue weighted by Crippen LogP contribution is 2.34. The van der Waals surface area contributed by atoms with Crippen LogP contribution < -0.4 is 5.32 Å². The van der Waals surface area contributed by atoms with Gasteiger partial charge >= 0.3 is 0 Å². The number of hydrogen-bond acceptors (Lipinski definition) is 5. The first-order valence-corrected chi connectivity index (χ1v) is 7.52. The summed E-state index contributed by atoms with van der Waals surface area (Å²) in [5, 5.41) is 22.6. The molecule has 0 atom stereocenters. The Morgan fingerprint density at radius 3 is 2.60 bits per heavy atom. The number of aromatic hydroxyl groups is 1. The van der Waals surface area contributed by atoms with E-state index in [1.807, 2.05) is 0 Å². The van der Waals surface area contributed by atoms with Crippen LogP contribution >= 0.6 is 43.2 Å². The minimum atomic E-state index is -0.671. The van der Waals surface area contributed by atoms with E-state index in [1.165, 1.54) is 23.5 Å². The van der Waals surface area contributed by atoms with Crippen LogP contribution in [0, 0.1) is 10.1 Å². The van der Waals surface area contributed by atoms with Crippen LogP contribution in [-0.2, 0) is 0 Å². The lowest BCUT2D eigenvalue weighted by Gasteiger charge is -2.04. The average molecular weight is 422 g/mol. The van der Waals surface area contributed by atoms with E-state index in [-0.39, 0.29) is 17.1 Å². The van der Waals surface area contributed by atoms with E-state index >= 15 is 0 Å². The maximum Gasteiger partial charge on any atom is 0.296 e. The number of nitro groups is 1. The van der Waals surface area contributed by atoms with Crippen molar-refractivity contribution in [2.75, 3.05) is 5.32 Å². The summed E-state index contributed by atoms with van der Waals surface area (Å²) in [6.45, 7) is 0. The third-order valence-electron chi connectivity index (χ3n) is 2.30. The van der Waals surface area contributed by atoms with Crippen molar-refractivity contribution in [2.45, 2.75) is 0 Å². The second-order valence-corrected chi connectivity index (χ2v) is 6.87. The van der Waals surface area contributed by atoms with E-state index in [0.717, 1.165) is 14.3 Å². The van der Waals surface area contributed by atoms with Crippen LogP contribution in [0.2, 0.25) is 0 Å². The number of anilines is 1. The quantitative estimate of drug-likeness (QED) is 0.442. The zero-order chi connectivity index (χ0) is 14.9. The molecule has 104 valence electrons. The molecule has 20 heavy (non-hydrogen) atoms. The zero-order valence-electron chi connectivity index (χ0n) is 9.59. The molecule has 0 aliphatic rings. The van der Waals surface area contributed by atoms with Gasteiger partial charge in [-0.1, -0.05) is 0 Å². The van der Waals surface area contributed by atoms with Gasteiger partial charge in [-0.2, -0.15) is 0 Å². The number of phenolic OH excluding ortho intramolecular Hbond substituents is 1. The SMILES string of the molecule is O=C(Nc1ccc(O)cc1[N+](=O)[O-])c1cc(Br)c(Br)s1. The molecule has 0 saturated heterocycles. The molecular formula is C11H6Br2N2O4S. The fraction of sp³-hybridized carbons (Fsp3) is 0. The van der Waals surface area contributed by atoms with Crippen molar-refractivity contribution in [3.05, 3.63) is 47.5 Å². The summed E-state index contributed by atoms with van der Waals surface area (Å²) in [6.07, 6.45) is 0. The van der Waals surface area contributed by atoms with Gasteiger partial charge in [0.1, 0.15) is 11.4 Å². The number of nitrogens with one attached hydrogen (secondary N) is 1. The first-order chi connectivity index (χ1) is 9.38. The average Bonchev–Trinajstić information content (AvgIpc) is 2.71. The first kappa shape index (κ1) is 14.9. The van der Waals surface area contributed by atoms with Crippen LogP contribution in [0.5, 0.6) is 5.75 Å². The first-order valence-electron chi connectivity index (χ1n) is 5.12. The molecule has 1 aromatic heterocycles. The van der Waals surface area contributed by atoms with E-state index in [9.17, 15) is 20.0 Å². The molecule has 1 aromatic carbocycles. The molecule has 0 radical (unpaired) electrons. The Morgan fingerprint density at radius 1 is 1.35 bits per heavy atom. The van der Waals surface area contributed by atoms with Crippen molar-refractivity contribution in [1.82, 2.24) is 0 Å². The Kier molecular flexibility index (Phi) is 4.41. The summed E-state index contributed by atoms with van der Waals surface area (Å²) in [7, 11) is 0. The zero-order valence-corrected chi connectivity index (χ0v) is 13.6. The van der Waals surface area contributed by atoms with Gasteiger partial charge in [0.05, 0.1) is 19.7 Å². The lowest BCUT2D eigenvalue weighted by molar-refractivity contribution is -0.384. The minimum absolute atomic E-state index is 0.0263.